The molecule has 3 atom stereocenters. The molecule has 2 fully saturated rings. The molecule has 0 spiro atoms. The van der Waals surface area contributed by atoms with Crippen molar-refractivity contribution < 1.29 is 18.3 Å². The van der Waals surface area contributed by atoms with Crippen LogP contribution in [0, 0.1) is 0 Å². The monoisotopic (exact) mass is 306 g/mol. The zero-order valence-electron chi connectivity index (χ0n) is 12.4. The van der Waals surface area contributed by atoms with Gasteiger partial charge in [-0.05, 0) is 33.1 Å². The van der Waals surface area contributed by atoms with Gasteiger partial charge in [-0.25, -0.2) is 0 Å². The Morgan fingerprint density at radius 1 is 1.20 bits per heavy atom. The van der Waals surface area contributed by atoms with E-state index in [0.29, 0.717) is 26.1 Å². The van der Waals surface area contributed by atoms with E-state index in [2.05, 4.69) is 0 Å². The predicted molar refractivity (Wildman–Crippen MR) is 76.5 cm³/mol. The fourth-order valence-corrected chi connectivity index (χ4v) is 5.22. The molecule has 0 saturated carbocycles. The highest BCUT2D eigenvalue weighted by Gasteiger charge is 2.39. The molecule has 2 heterocycles. The molecule has 0 amide bonds. The van der Waals surface area contributed by atoms with Crippen LogP contribution in [0.5, 0.6) is 0 Å². The van der Waals surface area contributed by atoms with E-state index in [1.807, 2.05) is 13.8 Å². The Kier molecular flexibility index (Phi) is 5.42. The van der Waals surface area contributed by atoms with Crippen molar-refractivity contribution in [3.63, 3.8) is 0 Å². The van der Waals surface area contributed by atoms with Crippen molar-refractivity contribution in [1.82, 2.24) is 8.61 Å². The van der Waals surface area contributed by atoms with Gasteiger partial charge in [0.15, 0.2) is 0 Å². The van der Waals surface area contributed by atoms with E-state index >= 15 is 0 Å². The van der Waals surface area contributed by atoms with E-state index < -0.39 is 10.2 Å². The number of morpholine rings is 1. The fraction of sp³-hybridized carbons (Fsp3) is 1.00. The average molecular weight is 306 g/mol. The van der Waals surface area contributed by atoms with Crippen LogP contribution in [0.4, 0.5) is 0 Å². The second kappa shape index (κ2) is 6.70. The van der Waals surface area contributed by atoms with Crippen LogP contribution in [-0.2, 0) is 14.9 Å². The van der Waals surface area contributed by atoms with Crippen molar-refractivity contribution in [1.29, 1.82) is 0 Å². The molecule has 3 unspecified atom stereocenters. The van der Waals surface area contributed by atoms with Crippen molar-refractivity contribution in [3.8, 4) is 0 Å². The van der Waals surface area contributed by atoms with Crippen LogP contribution in [0.15, 0.2) is 0 Å². The second-order valence-electron chi connectivity index (χ2n) is 5.85. The number of nitrogens with zero attached hydrogens (tertiary/aromatic N) is 2. The average Bonchev–Trinajstić information content (AvgIpc) is 2.38. The summed E-state index contributed by atoms with van der Waals surface area (Å²) < 4.78 is 34.4. The van der Waals surface area contributed by atoms with E-state index in [9.17, 15) is 8.42 Å². The number of ether oxygens (including phenoxy) is 1. The molecule has 0 radical (unpaired) electrons. The first-order chi connectivity index (χ1) is 9.45. The minimum absolute atomic E-state index is 0.0343. The summed E-state index contributed by atoms with van der Waals surface area (Å²) in [7, 11) is -3.45. The minimum atomic E-state index is -3.45. The number of piperidine rings is 1. The smallest absolute Gasteiger partial charge is 0.282 e. The number of rotatable bonds is 4. The maximum absolute atomic E-state index is 12.8. The molecule has 7 heteroatoms. The highest BCUT2D eigenvalue weighted by molar-refractivity contribution is 7.86. The Labute approximate surface area is 121 Å². The Morgan fingerprint density at radius 3 is 2.45 bits per heavy atom. The van der Waals surface area contributed by atoms with Crippen molar-refractivity contribution in [3.05, 3.63) is 0 Å². The lowest BCUT2D eigenvalue weighted by atomic mass is 10.0. The molecule has 0 aromatic rings. The molecule has 0 aliphatic carbocycles. The van der Waals surface area contributed by atoms with E-state index in [1.165, 1.54) is 0 Å². The summed E-state index contributed by atoms with van der Waals surface area (Å²) in [5, 5.41) is 9.14. The molecule has 118 valence electrons. The van der Waals surface area contributed by atoms with Gasteiger partial charge in [-0.1, -0.05) is 6.42 Å². The molecule has 2 aliphatic rings. The summed E-state index contributed by atoms with van der Waals surface area (Å²) in [6, 6.07) is -0.0628. The summed E-state index contributed by atoms with van der Waals surface area (Å²) in [5.41, 5.74) is 0. The molecular weight excluding hydrogens is 280 g/mol. The van der Waals surface area contributed by atoms with Crippen LogP contribution >= 0.6 is 0 Å². The van der Waals surface area contributed by atoms with Gasteiger partial charge in [0.1, 0.15) is 0 Å². The largest absolute Gasteiger partial charge is 0.396 e. The number of hydrogen-bond acceptors (Lipinski definition) is 4. The van der Waals surface area contributed by atoms with Crippen LogP contribution in [0.1, 0.15) is 39.5 Å². The summed E-state index contributed by atoms with van der Waals surface area (Å²) in [5.74, 6) is 0. The van der Waals surface area contributed by atoms with Crippen LogP contribution in [0.25, 0.3) is 0 Å². The van der Waals surface area contributed by atoms with Crippen LogP contribution in [0.3, 0.4) is 0 Å². The molecule has 20 heavy (non-hydrogen) atoms. The van der Waals surface area contributed by atoms with Gasteiger partial charge in [-0.2, -0.15) is 17.0 Å². The second-order valence-corrected chi connectivity index (χ2v) is 7.74. The van der Waals surface area contributed by atoms with Gasteiger partial charge in [0.05, 0.1) is 12.2 Å². The van der Waals surface area contributed by atoms with Gasteiger partial charge in [0, 0.05) is 32.3 Å². The van der Waals surface area contributed by atoms with Crippen molar-refractivity contribution >= 4 is 10.2 Å². The number of aliphatic hydroxyl groups is 1. The number of hydrogen-bond donors (Lipinski definition) is 1. The maximum Gasteiger partial charge on any atom is 0.282 e. The summed E-state index contributed by atoms with van der Waals surface area (Å²) in [4.78, 5) is 0. The van der Waals surface area contributed by atoms with E-state index in [1.54, 1.807) is 8.61 Å². The lowest BCUT2D eigenvalue weighted by Crippen LogP contribution is -2.56. The molecule has 0 aromatic heterocycles. The van der Waals surface area contributed by atoms with Crippen molar-refractivity contribution in [2.24, 2.45) is 0 Å². The van der Waals surface area contributed by atoms with E-state index in [-0.39, 0.29) is 24.9 Å². The first-order valence-electron chi connectivity index (χ1n) is 7.48. The zero-order valence-corrected chi connectivity index (χ0v) is 13.2. The molecule has 0 aromatic carbocycles. The van der Waals surface area contributed by atoms with Gasteiger partial charge in [-0.3, -0.25) is 0 Å². The van der Waals surface area contributed by atoms with Gasteiger partial charge >= 0.3 is 0 Å². The highest BCUT2D eigenvalue weighted by Crippen LogP contribution is 2.26. The fourth-order valence-electron chi connectivity index (χ4n) is 3.18. The molecule has 6 nitrogen and oxygen atoms in total. The van der Waals surface area contributed by atoms with E-state index in [4.69, 9.17) is 9.84 Å². The van der Waals surface area contributed by atoms with Gasteiger partial charge in [0.2, 0.25) is 0 Å². The molecule has 1 N–H and O–H groups in total. The van der Waals surface area contributed by atoms with Gasteiger partial charge in [-0.15, -0.1) is 0 Å². The molecule has 2 rings (SSSR count). The Morgan fingerprint density at radius 2 is 1.85 bits per heavy atom. The third-order valence-electron chi connectivity index (χ3n) is 4.04. The first kappa shape index (κ1) is 16.2. The predicted octanol–water partition coefficient (Wildman–Crippen LogP) is 0.577. The normalized spacial score (nSPS) is 34.2. The Bertz CT molecular complexity index is 403. The summed E-state index contributed by atoms with van der Waals surface area (Å²) in [6.07, 6.45) is 3.15. The van der Waals surface area contributed by atoms with Gasteiger partial charge < -0.3 is 9.84 Å². The molecule has 0 bridgehead atoms. The SMILES string of the molecule is CC1CN(S(=O)(=O)N2CCCCC2CCO)CC(C)O1. The lowest BCUT2D eigenvalue weighted by Gasteiger charge is -2.41. The van der Waals surface area contributed by atoms with E-state index in [0.717, 1.165) is 19.3 Å². The maximum atomic E-state index is 12.8. The number of aliphatic hydroxyl groups excluding tert-OH is 1. The van der Waals surface area contributed by atoms with Crippen LogP contribution in [-0.4, -0.2) is 66.6 Å². The van der Waals surface area contributed by atoms with Crippen molar-refractivity contribution in [2.75, 3.05) is 26.2 Å². The topological polar surface area (TPSA) is 70.1 Å². The Balaban J connectivity index is 2.14. The lowest BCUT2D eigenvalue weighted by molar-refractivity contribution is -0.0460. The zero-order chi connectivity index (χ0) is 14.8. The Hall–Kier alpha value is -0.210. The van der Waals surface area contributed by atoms with Crippen LogP contribution < -0.4 is 0 Å². The summed E-state index contributed by atoms with van der Waals surface area (Å²) in [6.45, 7) is 5.23. The minimum Gasteiger partial charge on any atom is -0.396 e. The third kappa shape index (κ3) is 3.51. The highest BCUT2D eigenvalue weighted by atomic mass is 32.2. The van der Waals surface area contributed by atoms with Gasteiger partial charge in [0.25, 0.3) is 10.2 Å². The van der Waals surface area contributed by atoms with Crippen LogP contribution in [0.2, 0.25) is 0 Å². The molecule has 2 saturated heterocycles. The third-order valence-corrected chi connectivity index (χ3v) is 6.07. The quantitative estimate of drug-likeness (QED) is 0.825. The van der Waals surface area contributed by atoms with Crippen molar-refractivity contribution in [2.45, 2.75) is 57.8 Å². The molecule has 2 aliphatic heterocycles. The first-order valence-corrected chi connectivity index (χ1v) is 8.88. The standard InChI is InChI=1S/C13H26N2O4S/c1-11-9-14(10-12(2)19-11)20(17,18)15-7-4-3-5-13(15)6-8-16/h11-13,16H,3-10H2,1-2H3. The summed E-state index contributed by atoms with van der Waals surface area (Å²) >= 11 is 0. The molecular formula is C13H26N2O4S.